The first kappa shape index (κ1) is 18.8. The number of likely N-dealkylation sites (N-methyl/N-ethyl adjacent to an activating group) is 1. The molecule has 0 radical (unpaired) electrons. The van der Waals surface area contributed by atoms with Crippen LogP contribution in [0.5, 0.6) is 0 Å². The SMILES string of the molecule is CCN1CCc2nc3ccccc3c(C(=O)OCC(=O)N3CCOCC3)c2C1. The quantitative estimate of drug-likeness (QED) is 0.748. The number of carbonyl (C=O) groups is 2. The van der Waals surface area contributed by atoms with Crippen molar-refractivity contribution in [1.82, 2.24) is 14.8 Å². The molecule has 0 atom stereocenters. The largest absolute Gasteiger partial charge is 0.452 e. The summed E-state index contributed by atoms with van der Waals surface area (Å²) in [5, 5.41) is 0.781. The van der Waals surface area contributed by atoms with Crippen molar-refractivity contribution < 1.29 is 19.1 Å². The molecule has 3 heterocycles. The molecule has 2 aliphatic heterocycles. The van der Waals surface area contributed by atoms with Crippen molar-refractivity contribution in [1.29, 1.82) is 0 Å². The van der Waals surface area contributed by atoms with Crippen molar-refractivity contribution in [3.8, 4) is 0 Å². The number of hydrogen-bond acceptors (Lipinski definition) is 6. The summed E-state index contributed by atoms with van der Waals surface area (Å²) >= 11 is 0. The molecular weight excluding hydrogens is 358 g/mol. The number of morpholine rings is 1. The van der Waals surface area contributed by atoms with Crippen LogP contribution in [0.4, 0.5) is 0 Å². The maximum Gasteiger partial charge on any atom is 0.339 e. The van der Waals surface area contributed by atoms with E-state index in [0.29, 0.717) is 38.4 Å². The van der Waals surface area contributed by atoms with Gasteiger partial charge < -0.3 is 14.4 Å². The van der Waals surface area contributed by atoms with Gasteiger partial charge in [-0.1, -0.05) is 25.1 Å². The number of hydrogen-bond donors (Lipinski definition) is 0. The Morgan fingerprint density at radius 2 is 1.96 bits per heavy atom. The van der Waals surface area contributed by atoms with Gasteiger partial charge in [0.1, 0.15) is 0 Å². The molecule has 2 aliphatic rings. The number of rotatable bonds is 4. The molecule has 0 bridgehead atoms. The third-order valence-corrected chi connectivity index (χ3v) is 5.47. The zero-order valence-corrected chi connectivity index (χ0v) is 16.1. The average molecular weight is 383 g/mol. The topological polar surface area (TPSA) is 72.0 Å². The zero-order valence-electron chi connectivity index (χ0n) is 16.1. The van der Waals surface area contributed by atoms with Crippen molar-refractivity contribution in [2.24, 2.45) is 0 Å². The van der Waals surface area contributed by atoms with Crippen molar-refractivity contribution in [3.05, 3.63) is 41.1 Å². The lowest BCUT2D eigenvalue weighted by molar-refractivity contribution is -0.138. The minimum absolute atomic E-state index is 0.181. The summed E-state index contributed by atoms with van der Waals surface area (Å²) < 4.78 is 10.7. The Balaban J connectivity index is 1.61. The second-order valence-electron chi connectivity index (χ2n) is 7.12. The van der Waals surface area contributed by atoms with E-state index in [1.54, 1.807) is 4.90 Å². The van der Waals surface area contributed by atoms with Gasteiger partial charge in [-0.25, -0.2) is 4.79 Å². The van der Waals surface area contributed by atoms with Gasteiger partial charge in [-0.2, -0.15) is 0 Å². The maximum absolute atomic E-state index is 13.0. The molecule has 0 aliphatic carbocycles. The highest BCUT2D eigenvalue weighted by Gasteiger charge is 2.27. The van der Waals surface area contributed by atoms with Crippen LogP contribution in [-0.2, 0) is 27.2 Å². The van der Waals surface area contributed by atoms with Crippen LogP contribution in [0.1, 0.15) is 28.5 Å². The van der Waals surface area contributed by atoms with Crippen LogP contribution in [0, 0.1) is 0 Å². The predicted molar refractivity (Wildman–Crippen MR) is 104 cm³/mol. The number of aromatic nitrogens is 1. The lowest BCUT2D eigenvalue weighted by Crippen LogP contribution is -2.42. The van der Waals surface area contributed by atoms with E-state index in [9.17, 15) is 9.59 Å². The van der Waals surface area contributed by atoms with Gasteiger partial charge in [0.25, 0.3) is 5.91 Å². The Labute approximate surface area is 164 Å². The first-order chi connectivity index (χ1) is 13.7. The fraction of sp³-hybridized carbons (Fsp3) is 0.476. The summed E-state index contributed by atoms with van der Waals surface area (Å²) in [5.74, 6) is -0.631. The van der Waals surface area contributed by atoms with Gasteiger partial charge in [0.15, 0.2) is 6.61 Å². The second-order valence-corrected chi connectivity index (χ2v) is 7.12. The maximum atomic E-state index is 13.0. The fourth-order valence-electron chi connectivity index (χ4n) is 3.85. The molecule has 0 unspecified atom stereocenters. The normalized spacial score (nSPS) is 17.4. The van der Waals surface area contributed by atoms with Crippen LogP contribution in [-0.4, -0.2) is 72.7 Å². The summed E-state index contributed by atoms with van der Waals surface area (Å²) in [4.78, 5) is 34.1. The highest BCUT2D eigenvalue weighted by atomic mass is 16.5. The van der Waals surface area contributed by atoms with E-state index in [4.69, 9.17) is 14.5 Å². The molecular formula is C21H25N3O4. The third kappa shape index (κ3) is 3.72. The van der Waals surface area contributed by atoms with Crippen LogP contribution < -0.4 is 0 Å². The molecule has 148 valence electrons. The van der Waals surface area contributed by atoms with Gasteiger partial charge in [-0.05, 0) is 12.6 Å². The van der Waals surface area contributed by atoms with E-state index in [-0.39, 0.29) is 12.5 Å². The molecule has 2 aromatic rings. The monoisotopic (exact) mass is 383 g/mol. The second kappa shape index (κ2) is 8.24. The van der Waals surface area contributed by atoms with Gasteiger partial charge in [-0.15, -0.1) is 0 Å². The highest BCUT2D eigenvalue weighted by Crippen LogP contribution is 2.28. The number of esters is 1. The standard InChI is InChI=1S/C21H25N3O4/c1-2-23-8-7-18-16(13-23)20(15-5-3-4-6-17(15)22-18)21(26)28-14-19(25)24-9-11-27-12-10-24/h3-6H,2,7-14H2,1H3. The van der Waals surface area contributed by atoms with Crippen molar-refractivity contribution in [2.75, 3.05) is 46.0 Å². The number of pyridine rings is 1. The fourth-order valence-corrected chi connectivity index (χ4v) is 3.85. The van der Waals surface area contributed by atoms with Crippen LogP contribution in [0.2, 0.25) is 0 Å². The molecule has 4 rings (SSSR count). The van der Waals surface area contributed by atoms with Crippen LogP contribution in [0.15, 0.2) is 24.3 Å². The Kier molecular flexibility index (Phi) is 5.54. The summed E-state index contributed by atoms with van der Waals surface area (Å²) in [5.41, 5.74) is 3.22. The van der Waals surface area contributed by atoms with E-state index in [1.807, 2.05) is 24.3 Å². The Hall–Kier alpha value is -2.51. The molecule has 0 N–H and O–H groups in total. The molecule has 0 saturated carbocycles. The first-order valence-corrected chi connectivity index (χ1v) is 9.83. The summed E-state index contributed by atoms with van der Waals surface area (Å²) in [6, 6.07) is 7.62. The molecule has 1 aromatic heterocycles. The molecule has 1 fully saturated rings. The van der Waals surface area contributed by atoms with E-state index < -0.39 is 5.97 Å². The predicted octanol–water partition coefficient (Wildman–Crippen LogP) is 1.63. The summed E-state index contributed by atoms with van der Waals surface area (Å²) in [6.07, 6.45) is 0.807. The molecule has 1 amide bonds. The number of ether oxygens (including phenoxy) is 2. The van der Waals surface area contributed by atoms with Crippen LogP contribution in [0.25, 0.3) is 10.9 Å². The van der Waals surface area contributed by atoms with Crippen LogP contribution >= 0.6 is 0 Å². The number of nitrogens with zero attached hydrogens (tertiary/aromatic N) is 3. The Morgan fingerprint density at radius 1 is 1.18 bits per heavy atom. The average Bonchev–Trinajstić information content (AvgIpc) is 2.75. The van der Waals surface area contributed by atoms with Crippen molar-refractivity contribution >= 4 is 22.8 Å². The van der Waals surface area contributed by atoms with E-state index in [1.165, 1.54) is 0 Å². The zero-order chi connectivity index (χ0) is 19.5. The minimum atomic E-state index is -0.450. The molecule has 1 aromatic carbocycles. The summed E-state index contributed by atoms with van der Waals surface area (Å²) in [7, 11) is 0. The van der Waals surface area contributed by atoms with Gasteiger partial charge >= 0.3 is 5.97 Å². The van der Waals surface area contributed by atoms with Gasteiger partial charge in [-0.3, -0.25) is 14.7 Å². The third-order valence-electron chi connectivity index (χ3n) is 5.47. The highest BCUT2D eigenvalue weighted by molar-refractivity contribution is 6.05. The van der Waals surface area contributed by atoms with Crippen molar-refractivity contribution in [3.63, 3.8) is 0 Å². The number of fused-ring (bicyclic) bond motifs is 2. The number of para-hydroxylation sites is 1. The molecule has 0 spiro atoms. The van der Waals surface area contributed by atoms with E-state index in [2.05, 4.69) is 11.8 Å². The Morgan fingerprint density at radius 3 is 2.75 bits per heavy atom. The van der Waals surface area contributed by atoms with E-state index >= 15 is 0 Å². The minimum Gasteiger partial charge on any atom is -0.452 e. The van der Waals surface area contributed by atoms with Gasteiger partial charge in [0.2, 0.25) is 0 Å². The van der Waals surface area contributed by atoms with Gasteiger partial charge in [0, 0.05) is 49.2 Å². The first-order valence-electron chi connectivity index (χ1n) is 9.83. The number of benzene rings is 1. The summed E-state index contributed by atoms with van der Waals surface area (Å²) in [6.45, 7) is 6.50. The smallest absolute Gasteiger partial charge is 0.339 e. The van der Waals surface area contributed by atoms with Gasteiger partial charge in [0.05, 0.1) is 24.3 Å². The molecule has 7 nitrogen and oxygen atoms in total. The van der Waals surface area contributed by atoms with Crippen molar-refractivity contribution in [2.45, 2.75) is 19.9 Å². The van der Waals surface area contributed by atoms with E-state index in [0.717, 1.165) is 41.7 Å². The number of carbonyl (C=O) groups excluding carboxylic acids is 2. The lowest BCUT2D eigenvalue weighted by atomic mass is 9.96. The molecule has 28 heavy (non-hydrogen) atoms. The molecule has 1 saturated heterocycles. The molecule has 7 heteroatoms. The Bertz CT molecular complexity index is 893. The van der Waals surface area contributed by atoms with Crippen LogP contribution in [0.3, 0.4) is 0 Å². The number of amides is 1. The lowest BCUT2D eigenvalue weighted by Gasteiger charge is -2.29.